The first kappa shape index (κ1) is 22.6. The number of amides is 1. The zero-order chi connectivity index (χ0) is 20.9. The summed E-state index contributed by atoms with van der Waals surface area (Å²) in [6, 6.07) is 12.2. The Balaban J connectivity index is 2.01. The molecule has 0 aliphatic carbocycles. The molecule has 0 spiro atoms. The van der Waals surface area contributed by atoms with Gasteiger partial charge in [0.2, 0.25) is 15.9 Å². The summed E-state index contributed by atoms with van der Waals surface area (Å²) in [5.41, 5.74) is 2.41. The molecule has 0 bridgehead atoms. The Morgan fingerprint density at radius 2 is 1.82 bits per heavy atom. The van der Waals surface area contributed by atoms with Crippen LogP contribution >= 0.6 is 23.4 Å². The molecular weight excluding hydrogens is 416 g/mol. The molecule has 0 aliphatic rings. The van der Waals surface area contributed by atoms with Crippen LogP contribution in [0.5, 0.6) is 0 Å². The molecule has 0 heterocycles. The molecule has 2 aromatic carbocycles. The number of rotatable bonds is 8. The summed E-state index contributed by atoms with van der Waals surface area (Å²) >= 11 is 7.77. The quantitative estimate of drug-likeness (QED) is 0.497. The van der Waals surface area contributed by atoms with Crippen LogP contribution in [-0.4, -0.2) is 38.9 Å². The normalized spacial score (nSPS) is 12.5. The Morgan fingerprint density at radius 1 is 1.18 bits per heavy atom. The van der Waals surface area contributed by atoms with Crippen LogP contribution in [0.4, 0.5) is 5.69 Å². The second-order valence-electron chi connectivity index (χ2n) is 6.62. The molecule has 1 unspecified atom stereocenters. The van der Waals surface area contributed by atoms with Gasteiger partial charge < -0.3 is 5.32 Å². The molecule has 1 atom stereocenters. The third-order valence-electron chi connectivity index (χ3n) is 4.19. The van der Waals surface area contributed by atoms with E-state index in [2.05, 4.69) is 5.32 Å². The van der Waals surface area contributed by atoms with Crippen LogP contribution in [0.15, 0.2) is 47.4 Å². The van der Waals surface area contributed by atoms with Crippen molar-refractivity contribution in [2.45, 2.75) is 31.7 Å². The lowest BCUT2D eigenvalue weighted by Gasteiger charge is -2.28. The smallest absolute Gasteiger partial charge is 0.243 e. The van der Waals surface area contributed by atoms with E-state index in [0.717, 1.165) is 21.0 Å². The van der Waals surface area contributed by atoms with Crippen LogP contribution in [0.2, 0.25) is 5.02 Å². The minimum absolute atomic E-state index is 0.355. The minimum atomic E-state index is -3.66. The zero-order valence-corrected chi connectivity index (χ0v) is 18.8. The van der Waals surface area contributed by atoms with Gasteiger partial charge in [-0.1, -0.05) is 35.4 Å². The molecule has 28 heavy (non-hydrogen) atoms. The highest BCUT2D eigenvalue weighted by atomic mass is 35.5. The molecule has 0 saturated heterocycles. The van der Waals surface area contributed by atoms with Crippen LogP contribution in [0.3, 0.4) is 0 Å². The number of aryl methyl sites for hydroxylation is 2. The van der Waals surface area contributed by atoms with Crippen molar-refractivity contribution in [2.75, 3.05) is 22.9 Å². The Kier molecular flexibility index (Phi) is 7.80. The topological polar surface area (TPSA) is 66.5 Å². The van der Waals surface area contributed by atoms with Crippen molar-refractivity contribution in [3.05, 3.63) is 58.6 Å². The van der Waals surface area contributed by atoms with E-state index < -0.39 is 16.1 Å². The summed E-state index contributed by atoms with van der Waals surface area (Å²) in [6.07, 6.45) is 1.08. The fraction of sp³-hybridized carbons (Fsp3) is 0.350. The van der Waals surface area contributed by atoms with Gasteiger partial charge in [-0.25, -0.2) is 8.42 Å². The summed E-state index contributed by atoms with van der Waals surface area (Å²) in [7, 11) is -3.66. The fourth-order valence-corrected chi connectivity index (χ4v) is 4.76. The number of sulfonamides is 1. The van der Waals surface area contributed by atoms with E-state index in [0.29, 0.717) is 23.0 Å². The molecule has 8 heteroatoms. The molecule has 2 rings (SSSR count). The molecule has 0 saturated carbocycles. The second kappa shape index (κ2) is 9.67. The van der Waals surface area contributed by atoms with Gasteiger partial charge in [0.25, 0.3) is 0 Å². The summed E-state index contributed by atoms with van der Waals surface area (Å²) in [5.74, 6) is 0.336. The largest absolute Gasteiger partial charge is 0.353 e. The van der Waals surface area contributed by atoms with Crippen LogP contribution < -0.4 is 9.62 Å². The van der Waals surface area contributed by atoms with E-state index in [9.17, 15) is 13.2 Å². The van der Waals surface area contributed by atoms with Gasteiger partial charge in [0.05, 0.1) is 11.9 Å². The Labute approximate surface area is 176 Å². The van der Waals surface area contributed by atoms with E-state index in [-0.39, 0.29) is 5.91 Å². The van der Waals surface area contributed by atoms with Gasteiger partial charge in [-0.3, -0.25) is 9.10 Å². The number of nitrogens with zero attached hydrogens (tertiary/aromatic N) is 1. The van der Waals surface area contributed by atoms with Gasteiger partial charge >= 0.3 is 0 Å². The number of hydrogen-bond acceptors (Lipinski definition) is 4. The summed E-state index contributed by atoms with van der Waals surface area (Å²) in [5, 5.41) is 3.27. The molecule has 1 amide bonds. The number of thioether (sulfide) groups is 1. The standard InChI is InChI=1S/C20H25ClN2O3S2/c1-14-5-9-18(10-6-14)27-12-11-22-20(24)16(3)23(28(4,25)26)17-8-7-15(2)19(21)13-17/h5-10,13,16H,11-12H2,1-4H3,(H,22,24). The Morgan fingerprint density at radius 3 is 2.39 bits per heavy atom. The average Bonchev–Trinajstić information content (AvgIpc) is 2.62. The number of anilines is 1. The van der Waals surface area contributed by atoms with Crippen LogP contribution in [-0.2, 0) is 14.8 Å². The number of halogens is 1. The molecular formula is C20H25ClN2O3S2. The van der Waals surface area contributed by atoms with Crippen molar-refractivity contribution >= 4 is 45.0 Å². The van der Waals surface area contributed by atoms with Crippen molar-refractivity contribution in [1.29, 1.82) is 0 Å². The van der Waals surface area contributed by atoms with Crippen LogP contribution in [0, 0.1) is 13.8 Å². The second-order valence-corrected chi connectivity index (χ2v) is 10.1. The molecule has 0 fully saturated rings. The van der Waals surface area contributed by atoms with E-state index in [1.165, 1.54) is 5.56 Å². The van der Waals surface area contributed by atoms with Gasteiger partial charge in [-0.15, -0.1) is 11.8 Å². The third-order valence-corrected chi connectivity index (χ3v) is 6.85. The predicted octanol–water partition coefficient (Wildman–Crippen LogP) is 4.02. The van der Waals surface area contributed by atoms with Crippen molar-refractivity contribution < 1.29 is 13.2 Å². The monoisotopic (exact) mass is 440 g/mol. The lowest BCUT2D eigenvalue weighted by Crippen LogP contribution is -2.48. The molecule has 5 nitrogen and oxygen atoms in total. The maximum Gasteiger partial charge on any atom is 0.243 e. The molecule has 2 aromatic rings. The maximum atomic E-state index is 12.6. The van der Waals surface area contributed by atoms with Gasteiger partial charge in [0.1, 0.15) is 6.04 Å². The first-order chi connectivity index (χ1) is 13.1. The molecule has 1 N–H and O–H groups in total. The van der Waals surface area contributed by atoms with Gasteiger partial charge in [-0.05, 0) is 50.6 Å². The molecule has 152 valence electrons. The highest BCUT2D eigenvalue weighted by molar-refractivity contribution is 7.99. The number of hydrogen-bond donors (Lipinski definition) is 1. The third kappa shape index (κ3) is 6.15. The Hall–Kier alpha value is -1.70. The average molecular weight is 441 g/mol. The lowest BCUT2D eigenvalue weighted by atomic mass is 10.2. The van der Waals surface area contributed by atoms with Gasteiger partial charge in [0, 0.05) is 22.2 Å². The number of carbonyl (C=O) groups excluding carboxylic acids is 1. The summed E-state index contributed by atoms with van der Waals surface area (Å²) < 4.78 is 25.7. The Bertz CT molecular complexity index is 931. The van der Waals surface area contributed by atoms with Crippen LogP contribution in [0.1, 0.15) is 18.1 Å². The maximum absolute atomic E-state index is 12.6. The van der Waals surface area contributed by atoms with E-state index in [4.69, 9.17) is 11.6 Å². The van der Waals surface area contributed by atoms with E-state index >= 15 is 0 Å². The number of nitrogens with one attached hydrogen (secondary N) is 1. The summed E-state index contributed by atoms with van der Waals surface area (Å²) in [4.78, 5) is 13.7. The molecule has 0 radical (unpaired) electrons. The van der Waals surface area contributed by atoms with Gasteiger partial charge in [0.15, 0.2) is 0 Å². The lowest BCUT2D eigenvalue weighted by molar-refractivity contribution is -0.121. The molecule has 0 aromatic heterocycles. The van der Waals surface area contributed by atoms with Crippen molar-refractivity contribution in [1.82, 2.24) is 5.32 Å². The van der Waals surface area contributed by atoms with E-state index in [1.54, 1.807) is 36.9 Å². The zero-order valence-electron chi connectivity index (χ0n) is 16.4. The highest BCUT2D eigenvalue weighted by Crippen LogP contribution is 2.26. The van der Waals surface area contributed by atoms with Gasteiger partial charge in [-0.2, -0.15) is 0 Å². The van der Waals surface area contributed by atoms with Crippen molar-refractivity contribution in [2.24, 2.45) is 0 Å². The summed E-state index contributed by atoms with van der Waals surface area (Å²) in [6.45, 7) is 5.87. The highest BCUT2D eigenvalue weighted by Gasteiger charge is 2.29. The minimum Gasteiger partial charge on any atom is -0.353 e. The SMILES string of the molecule is Cc1ccc(SCCNC(=O)C(C)N(c2ccc(C)c(Cl)c2)S(C)(=O)=O)cc1. The van der Waals surface area contributed by atoms with E-state index in [1.807, 2.05) is 38.1 Å². The first-order valence-corrected chi connectivity index (χ1v) is 12.0. The predicted molar refractivity (Wildman–Crippen MR) is 118 cm³/mol. The number of carbonyl (C=O) groups is 1. The first-order valence-electron chi connectivity index (χ1n) is 8.82. The van der Waals surface area contributed by atoms with Crippen molar-refractivity contribution in [3.63, 3.8) is 0 Å². The molecule has 0 aliphatic heterocycles. The number of benzene rings is 2. The van der Waals surface area contributed by atoms with Crippen LogP contribution in [0.25, 0.3) is 0 Å². The fourth-order valence-electron chi connectivity index (χ4n) is 2.65. The van der Waals surface area contributed by atoms with Crippen molar-refractivity contribution in [3.8, 4) is 0 Å².